The zero-order valence-corrected chi connectivity index (χ0v) is 8.84. The first kappa shape index (κ1) is 13.2. The molecule has 0 unspecified atom stereocenters. The van der Waals surface area contributed by atoms with Gasteiger partial charge < -0.3 is 0 Å². The Balaban J connectivity index is 3.75. The van der Waals surface area contributed by atoms with Crippen molar-refractivity contribution in [1.82, 2.24) is 0 Å². The Labute approximate surface area is 93.8 Å². The molecule has 0 bridgehead atoms. The minimum absolute atomic E-state index is 0.131. The Hall–Kier alpha value is -1.90. The number of hydrogen-bond donors (Lipinski definition) is 0. The van der Waals surface area contributed by atoms with E-state index in [1.807, 2.05) is 0 Å². The van der Waals surface area contributed by atoms with Gasteiger partial charge in [0.15, 0.2) is 23.3 Å². The van der Waals surface area contributed by atoms with Crippen molar-refractivity contribution in [3.63, 3.8) is 0 Å². The van der Waals surface area contributed by atoms with Crippen LogP contribution in [0.3, 0.4) is 0 Å². The molecule has 1 aromatic rings. The highest BCUT2D eigenvalue weighted by Gasteiger charge is 2.26. The molecule has 0 saturated heterocycles. The summed E-state index contributed by atoms with van der Waals surface area (Å²) in [5.41, 5.74) is -1.49. The molecule has 0 saturated carbocycles. The topological polar surface area (TPSA) is 23.8 Å². The van der Waals surface area contributed by atoms with Gasteiger partial charge >= 0.3 is 0 Å². The quantitative estimate of drug-likeness (QED) is 0.321. The van der Waals surface area contributed by atoms with Crippen LogP contribution in [0.15, 0.2) is 5.57 Å². The molecule has 0 aliphatic carbocycles. The highest BCUT2D eigenvalue weighted by atomic mass is 19.2. The van der Waals surface area contributed by atoms with E-state index >= 15 is 0 Å². The van der Waals surface area contributed by atoms with Gasteiger partial charge in [-0.3, -0.25) is 0 Å². The van der Waals surface area contributed by atoms with E-state index in [0.717, 1.165) is 6.92 Å². The Morgan fingerprint density at radius 3 is 1.53 bits per heavy atom. The summed E-state index contributed by atoms with van der Waals surface area (Å²) < 4.78 is 65.0. The van der Waals surface area contributed by atoms with Crippen molar-refractivity contribution in [3.05, 3.63) is 40.2 Å². The van der Waals surface area contributed by atoms with E-state index < -0.39 is 34.6 Å². The maximum atomic E-state index is 13.3. The van der Waals surface area contributed by atoms with E-state index in [0.29, 0.717) is 0 Å². The molecule has 0 fully saturated rings. The molecule has 0 N–H and O–H groups in total. The number of halogens is 5. The fourth-order valence-electron chi connectivity index (χ4n) is 1.21. The van der Waals surface area contributed by atoms with Crippen LogP contribution in [0.1, 0.15) is 19.4 Å². The van der Waals surface area contributed by atoms with E-state index in [4.69, 9.17) is 5.26 Å². The lowest BCUT2D eigenvalue weighted by Gasteiger charge is -2.09. The van der Waals surface area contributed by atoms with Crippen LogP contribution in [-0.2, 0) is 0 Å². The molecule has 0 aromatic heterocycles. The molecule has 0 aliphatic heterocycles. The van der Waals surface area contributed by atoms with Crippen LogP contribution in [0.25, 0.3) is 5.57 Å². The number of hydrogen-bond acceptors (Lipinski definition) is 1. The van der Waals surface area contributed by atoms with Gasteiger partial charge in [-0.2, -0.15) is 5.26 Å². The fraction of sp³-hybridized carbons (Fsp3) is 0.182. The minimum atomic E-state index is -2.22. The summed E-state index contributed by atoms with van der Waals surface area (Å²) in [5.74, 6) is -10.1. The third-order valence-electron chi connectivity index (χ3n) is 2.32. The normalized spacial score (nSPS) is 12.1. The van der Waals surface area contributed by atoms with Crippen molar-refractivity contribution in [1.29, 1.82) is 5.26 Å². The second-order valence-corrected chi connectivity index (χ2v) is 3.31. The smallest absolute Gasteiger partial charge is 0.200 e. The summed E-state index contributed by atoms with van der Waals surface area (Å²) in [6.45, 7) is 2.32. The third-order valence-corrected chi connectivity index (χ3v) is 2.32. The lowest BCUT2D eigenvalue weighted by atomic mass is 10.0. The van der Waals surface area contributed by atoms with Crippen LogP contribution >= 0.6 is 0 Å². The predicted octanol–water partition coefficient (Wildman–Crippen LogP) is 3.70. The lowest BCUT2D eigenvalue weighted by molar-refractivity contribution is 0.376. The zero-order chi connectivity index (χ0) is 13.3. The largest absolute Gasteiger partial charge is 0.203 e. The summed E-state index contributed by atoms with van der Waals surface area (Å²) in [6.07, 6.45) is 0. The van der Waals surface area contributed by atoms with E-state index in [9.17, 15) is 22.0 Å². The number of nitrogens with zero attached hydrogens (tertiary/aromatic N) is 1. The first-order valence-electron chi connectivity index (χ1n) is 4.42. The molecule has 90 valence electrons. The Morgan fingerprint density at radius 1 is 0.824 bits per heavy atom. The Morgan fingerprint density at radius 2 is 1.18 bits per heavy atom. The van der Waals surface area contributed by atoms with Gasteiger partial charge in [-0.25, -0.2) is 22.0 Å². The van der Waals surface area contributed by atoms with Crippen molar-refractivity contribution >= 4 is 5.57 Å². The minimum Gasteiger partial charge on any atom is -0.203 e. The SMILES string of the molecule is CC(C#N)=C(C)c1c(F)c(F)c(F)c(F)c1F. The molecule has 0 atom stereocenters. The van der Waals surface area contributed by atoms with Gasteiger partial charge in [0.1, 0.15) is 0 Å². The van der Waals surface area contributed by atoms with Crippen molar-refractivity contribution in [2.24, 2.45) is 0 Å². The monoisotopic (exact) mass is 247 g/mol. The second-order valence-electron chi connectivity index (χ2n) is 3.31. The molecule has 6 heteroatoms. The zero-order valence-electron chi connectivity index (χ0n) is 8.84. The molecule has 0 amide bonds. The summed E-state index contributed by atoms with van der Waals surface area (Å²) >= 11 is 0. The van der Waals surface area contributed by atoms with Crippen LogP contribution in [0.2, 0.25) is 0 Å². The number of allylic oxidation sites excluding steroid dienone is 2. The first-order chi connectivity index (χ1) is 7.82. The van der Waals surface area contributed by atoms with Crippen molar-refractivity contribution in [2.75, 3.05) is 0 Å². The van der Waals surface area contributed by atoms with E-state index in [1.165, 1.54) is 6.92 Å². The molecular formula is C11H6F5N. The van der Waals surface area contributed by atoms with E-state index in [-0.39, 0.29) is 11.1 Å². The maximum Gasteiger partial charge on any atom is 0.200 e. The number of rotatable bonds is 1. The van der Waals surface area contributed by atoms with Gasteiger partial charge in [-0.05, 0) is 19.4 Å². The van der Waals surface area contributed by atoms with Gasteiger partial charge in [-0.1, -0.05) is 0 Å². The van der Waals surface area contributed by atoms with Gasteiger partial charge in [-0.15, -0.1) is 0 Å². The summed E-state index contributed by atoms with van der Waals surface area (Å²) in [6, 6.07) is 1.58. The second kappa shape index (κ2) is 4.53. The van der Waals surface area contributed by atoms with Crippen molar-refractivity contribution in [2.45, 2.75) is 13.8 Å². The highest BCUT2D eigenvalue weighted by Crippen LogP contribution is 2.29. The molecule has 0 spiro atoms. The Bertz CT molecular complexity index is 525. The standard InChI is InChI=1S/C11H6F5N/c1-4(3-17)5(2)6-7(12)9(14)11(16)10(15)8(6)13/h1-2H3. The van der Waals surface area contributed by atoms with Crippen LogP contribution < -0.4 is 0 Å². The fourth-order valence-corrected chi connectivity index (χ4v) is 1.21. The predicted molar refractivity (Wildman–Crippen MR) is 50.1 cm³/mol. The molecule has 1 rings (SSSR count). The molecular weight excluding hydrogens is 241 g/mol. The first-order valence-corrected chi connectivity index (χ1v) is 4.42. The Kier molecular flexibility index (Phi) is 3.51. The molecule has 17 heavy (non-hydrogen) atoms. The molecule has 1 aromatic carbocycles. The summed E-state index contributed by atoms with van der Waals surface area (Å²) in [7, 11) is 0. The van der Waals surface area contributed by atoms with Gasteiger partial charge in [0, 0.05) is 5.57 Å². The maximum absolute atomic E-state index is 13.3. The molecule has 0 radical (unpaired) electrons. The van der Waals surface area contributed by atoms with Crippen LogP contribution in [0, 0.1) is 40.4 Å². The number of nitriles is 1. The summed E-state index contributed by atoms with van der Waals surface area (Å²) in [4.78, 5) is 0. The average molecular weight is 247 g/mol. The van der Waals surface area contributed by atoms with Gasteiger partial charge in [0.2, 0.25) is 5.82 Å². The van der Waals surface area contributed by atoms with Gasteiger partial charge in [0.05, 0.1) is 11.6 Å². The van der Waals surface area contributed by atoms with Crippen molar-refractivity contribution < 1.29 is 22.0 Å². The third kappa shape index (κ3) is 2.00. The molecule has 0 aliphatic rings. The van der Waals surface area contributed by atoms with E-state index in [2.05, 4.69) is 0 Å². The van der Waals surface area contributed by atoms with Crippen LogP contribution in [0.5, 0.6) is 0 Å². The number of benzene rings is 1. The van der Waals surface area contributed by atoms with Crippen LogP contribution in [0.4, 0.5) is 22.0 Å². The van der Waals surface area contributed by atoms with E-state index in [1.54, 1.807) is 6.07 Å². The highest BCUT2D eigenvalue weighted by molar-refractivity contribution is 5.70. The van der Waals surface area contributed by atoms with Crippen LogP contribution in [-0.4, -0.2) is 0 Å². The summed E-state index contributed by atoms with van der Waals surface area (Å²) in [5, 5.41) is 8.53. The molecule has 1 nitrogen and oxygen atoms in total. The average Bonchev–Trinajstić information content (AvgIpc) is 2.32. The van der Waals surface area contributed by atoms with Gasteiger partial charge in [0.25, 0.3) is 0 Å². The molecule has 0 heterocycles. The lowest BCUT2D eigenvalue weighted by Crippen LogP contribution is -2.06. The van der Waals surface area contributed by atoms with Crippen molar-refractivity contribution in [3.8, 4) is 6.07 Å².